The molecule has 1 unspecified atom stereocenters. The Morgan fingerprint density at radius 3 is 2.50 bits per heavy atom. The van der Waals surface area contributed by atoms with Crippen LogP contribution in [0.5, 0.6) is 0 Å². The zero-order valence-corrected chi connectivity index (χ0v) is 20.0. The third-order valence-corrected chi connectivity index (χ3v) is 6.07. The monoisotopic (exact) mass is 433 g/mol. The normalized spacial score (nSPS) is 12.2. The summed E-state index contributed by atoms with van der Waals surface area (Å²) in [5.41, 5.74) is 3.47. The molecule has 5 nitrogen and oxygen atoms in total. The summed E-state index contributed by atoms with van der Waals surface area (Å²) in [6, 6.07) is 13.2. The lowest BCUT2D eigenvalue weighted by atomic mass is 10.1. The Labute approximate surface area is 191 Å². The molecule has 0 saturated heterocycles. The zero-order valence-electron chi connectivity index (χ0n) is 20.0. The molecule has 1 amide bonds. The maximum Gasteiger partial charge on any atom is 0.266 e. The molecule has 1 aromatic heterocycles. The topological polar surface area (TPSA) is 55.2 Å². The maximum atomic E-state index is 13.7. The second-order valence-electron chi connectivity index (χ2n) is 8.64. The number of para-hydroxylation sites is 1. The molecule has 0 N–H and O–H groups in total. The minimum Gasteiger partial charge on any atom is -0.333 e. The SMILES string of the molecule is CCCCC(=O)N(CCCC)C(C)c1nc2ccccc2c(=O)n1-c1cc(C)ccc1C. The van der Waals surface area contributed by atoms with Crippen LogP contribution in [-0.2, 0) is 4.79 Å². The van der Waals surface area contributed by atoms with Gasteiger partial charge in [0.15, 0.2) is 0 Å². The average molecular weight is 434 g/mol. The molecular weight excluding hydrogens is 398 g/mol. The van der Waals surface area contributed by atoms with Crippen molar-refractivity contribution in [2.75, 3.05) is 6.54 Å². The second kappa shape index (κ2) is 10.6. The molecule has 3 rings (SSSR count). The summed E-state index contributed by atoms with van der Waals surface area (Å²) in [6.45, 7) is 10.9. The Morgan fingerprint density at radius 2 is 1.78 bits per heavy atom. The quantitative estimate of drug-likeness (QED) is 0.423. The molecule has 0 aliphatic heterocycles. The fraction of sp³-hybridized carbons (Fsp3) is 0.444. The van der Waals surface area contributed by atoms with Crippen LogP contribution in [0.15, 0.2) is 47.3 Å². The lowest BCUT2D eigenvalue weighted by Crippen LogP contribution is -2.38. The molecule has 1 heterocycles. The number of carbonyl (C=O) groups excluding carboxylic acids is 1. The van der Waals surface area contributed by atoms with Gasteiger partial charge in [0.1, 0.15) is 5.82 Å². The number of aryl methyl sites for hydroxylation is 2. The number of carbonyl (C=O) groups is 1. The highest BCUT2D eigenvalue weighted by molar-refractivity contribution is 5.79. The van der Waals surface area contributed by atoms with Crippen LogP contribution < -0.4 is 5.56 Å². The van der Waals surface area contributed by atoms with Gasteiger partial charge in [-0.15, -0.1) is 0 Å². The van der Waals surface area contributed by atoms with Gasteiger partial charge in [0.2, 0.25) is 5.91 Å². The number of aromatic nitrogens is 2. The number of rotatable bonds is 9. The summed E-state index contributed by atoms with van der Waals surface area (Å²) in [6.07, 6.45) is 4.28. The van der Waals surface area contributed by atoms with E-state index in [4.69, 9.17) is 4.98 Å². The Bertz CT molecular complexity index is 1150. The van der Waals surface area contributed by atoms with E-state index in [9.17, 15) is 9.59 Å². The average Bonchev–Trinajstić information content (AvgIpc) is 2.79. The maximum absolute atomic E-state index is 13.7. The summed E-state index contributed by atoms with van der Waals surface area (Å²) in [4.78, 5) is 33.7. The van der Waals surface area contributed by atoms with Gasteiger partial charge in [-0.25, -0.2) is 4.98 Å². The van der Waals surface area contributed by atoms with E-state index < -0.39 is 0 Å². The van der Waals surface area contributed by atoms with Crippen molar-refractivity contribution in [3.05, 3.63) is 69.8 Å². The van der Waals surface area contributed by atoms with Crippen LogP contribution in [0.25, 0.3) is 16.6 Å². The third kappa shape index (κ3) is 4.93. The van der Waals surface area contributed by atoms with Crippen LogP contribution in [0.4, 0.5) is 0 Å². The van der Waals surface area contributed by atoms with Crippen molar-refractivity contribution in [1.29, 1.82) is 0 Å². The van der Waals surface area contributed by atoms with Crippen molar-refractivity contribution >= 4 is 16.8 Å². The fourth-order valence-corrected chi connectivity index (χ4v) is 4.10. The van der Waals surface area contributed by atoms with Gasteiger partial charge in [-0.3, -0.25) is 14.2 Å². The molecular formula is C27H35N3O2. The summed E-state index contributed by atoms with van der Waals surface area (Å²) < 4.78 is 1.72. The lowest BCUT2D eigenvalue weighted by molar-refractivity contribution is -0.133. The smallest absolute Gasteiger partial charge is 0.266 e. The Kier molecular flexibility index (Phi) is 7.84. The van der Waals surface area contributed by atoms with Crippen molar-refractivity contribution in [2.24, 2.45) is 0 Å². The molecule has 3 aromatic rings. The first-order valence-corrected chi connectivity index (χ1v) is 11.8. The summed E-state index contributed by atoms with van der Waals surface area (Å²) in [5.74, 6) is 0.742. The first-order valence-electron chi connectivity index (χ1n) is 11.8. The zero-order chi connectivity index (χ0) is 23.3. The number of hydrogen-bond acceptors (Lipinski definition) is 3. The standard InChI is InChI=1S/C27H35N3O2/c1-6-8-14-25(31)29(17-9-7-2)21(5)26-28-23-13-11-10-12-22(23)27(32)30(26)24-18-19(3)15-16-20(24)4/h10-13,15-16,18,21H,6-9,14,17H2,1-5H3. The van der Waals surface area contributed by atoms with Gasteiger partial charge in [0.25, 0.3) is 5.56 Å². The molecule has 2 aromatic carbocycles. The van der Waals surface area contributed by atoms with Crippen molar-refractivity contribution < 1.29 is 4.79 Å². The van der Waals surface area contributed by atoms with Gasteiger partial charge in [-0.1, -0.05) is 51.0 Å². The second-order valence-corrected chi connectivity index (χ2v) is 8.64. The van der Waals surface area contributed by atoms with Crippen LogP contribution in [0.2, 0.25) is 0 Å². The predicted molar refractivity (Wildman–Crippen MR) is 131 cm³/mol. The van der Waals surface area contributed by atoms with Gasteiger partial charge in [-0.2, -0.15) is 0 Å². The fourth-order valence-electron chi connectivity index (χ4n) is 4.10. The number of benzene rings is 2. The van der Waals surface area contributed by atoms with Crippen molar-refractivity contribution in [3.8, 4) is 5.69 Å². The van der Waals surface area contributed by atoms with Crippen LogP contribution in [0.1, 0.15) is 75.9 Å². The molecule has 0 fully saturated rings. The van der Waals surface area contributed by atoms with Gasteiger partial charge in [0, 0.05) is 13.0 Å². The first-order chi connectivity index (χ1) is 15.4. The van der Waals surface area contributed by atoms with E-state index in [1.165, 1.54) is 0 Å². The van der Waals surface area contributed by atoms with Gasteiger partial charge in [-0.05, 0) is 62.9 Å². The predicted octanol–water partition coefficient (Wildman–Crippen LogP) is 5.88. The molecule has 32 heavy (non-hydrogen) atoms. The summed E-state index contributed by atoms with van der Waals surface area (Å²) >= 11 is 0. The number of unbranched alkanes of at least 4 members (excludes halogenated alkanes) is 2. The Morgan fingerprint density at radius 1 is 1.06 bits per heavy atom. The molecule has 0 aliphatic carbocycles. The first kappa shape index (κ1) is 23.7. The highest BCUT2D eigenvalue weighted by Gasteiger charge is 2.26. The van der Waals surface area contributed by atoms with Gasteiger partial charge in [0.05, 0.1) is 22.6 Å². The highest BCUT2D eigenvalue weighted by Crippen LogP contribution is 2.26. The largest absolute Gasteiger partial charge is 0.333 e. The van der Waals surface area contributed by atoms with Crippen molar-refractivity contribution in [3.63, 3.8) is 0 Å². The number of nitrogens with zero attached hydrogens (tertiary/aromatic N) is 3. The van der Waals surface area contributed by atoms with E-state index in [2.05, 4.69) is 13.8 Å². The molecule has 0 bridgehead atoms. The molecule has 0 saturated carbocycles. The molecule has 170 valence electrons. The molecule has 1 atom stereocenters. The van der Waals surface area contributed by atoms with E-state index in [1.54, 1.807) is 4.57 Å². The van der Waals surface area contributed by atoms with Gasteiger partial charge >= 0.3 is 0 Å². The van der Waals surface area contributed by atoms with Crippen LogP contribution in [0.3, 0.4) is 0 Å². The summed E-state index contributed by atoms with van der Waals surface area (Å²) in [5, 5.41) is 0.585. The van der Waals surface area contributed by atoms with E-state index in [0.717, 1.165) is 42.5 Å². The van der Waals surface area contributed by atoms with Crippen molar-refractivity contribution in [1.82, 2.24) is 14.5 Å². The number of hydrogen-bond donors (Lipinski definition) is 0. The molecule has 0 aliphatic rings. The highest BCUT2D eigenvalue weighted by atomic mass is 16.2. The van der Waals surface area contributed by atoms with Crippen LogP contribution >= 0.6 is 0 Å². The molecule has 5 heteroatoms. The van der Waals surface area contributed by atoms with Crippen molar-refractivity contribution in [2.45, 2.75) is 72.8 Å². The molecule has 0 radical (unpaired) electrons. The van der Waals surface area contributed by atoms with E-state index in [1.807, 2.05) is 68.1 Å². The number of amides is 1. The summed E-state index contributed by atoms with van der Waals surface area (Å²) in [7, 11) is 0. The lowest BCUT2D eigenvalue weighted by Gasteiger charge is -2.31. The van der Waals surface area contributed by atoms with E-state index >= 15 is 0 Å². The Hall–Kier alpha value is -2.95. The minimum atomic E-state index is -0.317. The minimum absolute atomic E-state index is 0.0948. The van der Waals surface area contributed by atoms with Crippen LogP contribution in [0, 0.1) is 13.8 Å². The van der Waals surface area contributed by atoms with Gasteiger partial charge < -0.3 is 4.90 Å². The van der Waals surface area contributed by atoms with Crippen LogP contribution in [-0.4, -0.2) is 26.9 Å². The van der Waals surface area contributed by atoms with E-state index in [-0.39, 0.29) is 17.5 Å². The van der Waals surface area contributed by atoms with E-state index in [0.29, 0.717) is 29.7 Å². The Balaban J connectivity index is 2.24. The molecule has 0 spiro atoms. The third-order valence-electron chi connectivity index (χ3n) is 6.07. The number of fused-ring (bicyclic) bond motifs is 1.